The predicted octanol–water partition coefficient (Wildman–Crippen LogP) is 4.44. The smallest absolute Gasteiger partial charge is 0.355 e. The first-order valence-electron chi connectivity index (χ1n) is 7.43. The molecule has 5 nitrogen and oxygen atoms in total. The van der Waals surface area contributed by atoms with Gasteiger partial charge in [-0.1, -0.05) is 18.2 Å². The summed E-state index contributed by atoms with van der Waals surface area (Å²) in [6.07, 6.45) is 1.61. The lowest BCUT2D eigenvalue weighted by Gasteiger charge is -2.02. The molecule has 2 aromatic carbocycles. The number of aromatic nitrogens is 2. The van der Waals surface area contributed by atoms with Gasteiger partial charge in [-0.2, -0.15) is 0 Å². The zero-order chi connectivity index (χ0) is 18.4. The summed E-state index contributed by atoms with van der Waals surface area (Å²) in [7, 11) is 0. The maximum Gasteiger partial charge on any atom is 0.355 e. The molecule has 0 fully saturated rings. The maximum absolute atomic E-state index is 13.7. The number of phenolic OH excluding ortho intramolecular Hbond substituents is 1. The van der Waals surface area contributed by atoms with E-state index < -0.39 is 17.6 Å². The van der Waals surface area contributed by atoms with E-state index in [4.69, 9.17) is 5.11 Å². The number of phenols is 1. The molecule has 0 aliphatic heterocycles. The molecule has 130 valence electrons. The molecule has 0 aliphatic carbocycles. The molecule has 0 amide bonds. The lowest BCUT2D eigenvalue weighted by Crippen LogP contribution is -1.98. The van der Waals surface area contributed by atoms with Crippen LogP contribution in [-0.2, 0) is 0 Å². The van der Waals surface area contributed by atoms with E-state index >= 15 is 0 Å². The van der Waals surface area contributed by atoms with Crippen molar-refractivity contribution in [2.45, 2.75) is 0 Å². The molecule has 0 saturated heterocycles. The number of rotatable bonds is 3. The van der Waals surface area contributed by atoms with E-state index in [1.54, 1.807) is 22.9 Å². The van der Waals surface area contributed by atoms with Crippen LogP contribution >= 0.6 is 11.3 Å². The summed E-state index contributed by atoms with van der Waals surface area (Å²) < 4.78 is 28.5. The van der Waals surface area contributed by atoms with E-state index in [1.807, 2.05) is 0 Å². The fraction of sp³-hybridized carbons (Fsp3) is 0. The van der Waals surface area contributed by atoms with Crippen LogP contribution in [0, 0.1) is 11.6 Å². The third kappa shape index (κ3) is 2.51. The first-order chi connectivity index (χ1) is 12.5. The number of carboxylic acids is 1. The normalized spacial score (nSPS) is 11.2. The minimum absolute atomic E-state index is 0.0385. The third-order valence-corrected chi connectivity index (χ3v) is 4.79. The lowest BCUT2D eigenvalue weighted by atomic mass is 10.0. The first kappa shape index (κ1) is 16.2. The van der Waals surface area contributed by atoms with Crippen molar-refractivity contribution in [1.82, 2.24) is 9.55 Å². The SMILES string of the molecule is O=C(O)c1csc(-n2cc(-c3ccc(F)c(F)c3)c3cccc(O)c32)n1. The molecular weight excluding hydrogens is 362 g/mol. The van der Waals surface area contributed by atoms with Crippen LogP contribution in [-0.4, -0.2) is 25.7 Å². The number of aromatic carboxylic acids is 1. The molecule has 0 atom stereocenters. The lowest BCUT2D eigenvalue weighted by molar-refractivity contribution is 0.0691. The summed E-state index contributed by atoms with van der Waals surface area (Å²) in [5.41, 5.74) is 1.27. The molecule has 0 aliphatic rings. The number of halogens is 2. The molecule has 0 unspecified atom stereocenters. The number of thiazole rings is 1. The van der Waals surface area contributed by atoms with Crippen LogP contribution in [0.5, 0.6) is 5.75 Å². The molecule has 2 aromatic heterocycles. The second-order valence-electron chi connectivity index (χ2n) is 5.54. The average molecular weight is 372 g/mol. The standard InChI is InChI=1S/C18H10F2N2O3S/c19-12-5-4-9(6-13(12)20)11-7-22(16-10(11)2-1-3-15(16)23)18-21-14(8-26-18)17(24)25/h1-8,23H,(H,24,25). The summed E-state index contributed by atoms with van der Waals surface area (Å²) >= 11 is 1.09. The van der Waals surface area contributed by atoms with Crippen molar-refractivity contribution in [2.24, 2.45) is 0 Å². The highest BCUT2D eigenvalue weighted by atomic mass is 32.1. The van der Waals surface area contributed by atoms with Crippen molar-refractivity contribution in [1.29, 1.82) is 0 Å². The number of aromatic hydroxyl groups is 1. The predicted molar refractivity (Wildman–Crippen MR) is 92.9 cm³/mol. The Kier molecular flexibility index (Phi) is 3.69. The highest BCUT2D eigenvalue weighted by molar-refractivity contribution is 7.12. The van der Waals surface area contributed by atoms with Gasteiger partial charge in [-0.05, 0) is 23.8 Å². The first-order valence-corrected chi connectivity index (χ1v) is 8.31. The molecule has 2 heterocycles. The van der Waals surface area contributed by atoms with Gasteiger partial charge in [-0.25, -0.2) is 18.6 Å². The Bertz CT molecular complexity index is 1170. The van der Waals surface area contributed by atoms with Crippen molar-refractivity contribution < 1.29 is 23.8 Å². The van der Waals surface area contributed by atoms with Gasteiger partial charge in [0.05, 0.1) is 5.52 Å². The monoisotopic (exact) mass is 372 g/mol. The Hall–Kier alpha value is -3.26. The van der Waals surface area contributed by atoms with Crippen LogP contribution in [0.3, 0.4) is 0 Å². The quantitative estimate of drug-likeness (QED) is 0.558. The second-order valence-corrected chi connectivity index (χ2v) is 6.37. The Morgan fingerprint density at radius 3 is 2.65 bits per heavy atom. The number of carbonyl (C=O) groups is 1. The van der Waals surface area contributed by atoms with Crippen molar-refractivity contribution in [3.05, 3.63) is 65.3 Å². The number of hydrogen-bond donors (Lipinski definition) is 2. The number of nitrogens with zero attached hydrogens (tertiary/aromatic N) is 2. The van der Waals surface area contributed by atoms with E-state index in [0.717, 1.165) is 23.5 Å². The second kappa shape index (κ2) is 5.92. The zero-order valence-corrected chi connectivity index (χ0v) is 13.8. The van der Waals surface area contributed by atoms with Crippen LogP contribution in [0.4, 0.5) is 8.78 Å². The minimum Gasteiger partial charge on any atom is -0.506 e. The summed E-state index contributed by atoms with van der Waals surface area (Å²) in [6.45, 7) is 0. The summed E-state index contributed by atoms with van der Waals surface area (Å²) in [5, 5.41) is 21.7. The topological polar surface area (TPSA) is 75.3 Å². The van der Waals surface area contributed by atoms with Gasteiger partial charge in [0.2, 0.25) is 0 Å². The number of carboxylic acid groups (broad SMARTS) is 1. The minimum atomic E-state index is -1.16. The fourth-order valence-electron chi connectivity index (χ4n) is 2.78. The third-order valence-electron chi connectivity index (χ3n) is 3.95. The molecule has 8 heteroatoms. The molecule has 0 radical (unpaired) electrons. The van der Waals surface area contributed by atoms with Gasteiger partial charge in [-0.15, -0.1) is 11.3 Å². The van der Waals surface area contributed by atoms with E-state index in [-0.39, 0.29) is 11.4 Å². The van der Waals surface area contributed by atoms with Crippen molar-refractivity contribution >= 4 is 28.2 Å². The zero-order valence-electron chi connectivity index (χ0n) is 13.0. The molecule has 4 rings (SSSR count). The molecule has 2 N–H and O–H groups in total. The van der Waals surface area contributed by atoms with Crippen molar-refractivity contribution in [3.8, 4) is 22.0 Å². The van der Waals surface area contributed by atoms with Crippen LogP contribution in [0.25, 0.3) is 27.2 Å². The highest BCUT2D eigenvalue weighted by Crippen LogP contribution is 2.37. The molecular formula is C18H10F2N2O3S. The highest BCUT2D eigenvalue weighted by Gasteiger charge is 2.18. The summed E-state index contributed by atoms with van der Waals surface area (Å²) in [5.74, 6) is -3.13. The number of benzene rings is 2. The van der Waals surface area contributed by atoms with E-state index in [2.05, 4.69) is 4.98 Å². The fourth-order valence-corrected chi connectivity index (χ4v) is 3.56. The summed E-state index contributed by atoms with van der Waals surface area (Å²) in [6, 6.07) is 8.39. The number of hydrogen-bond acceptors (Lipinski definition) is 4. The van der Waals surface area contributed by atoms with Crippen LogP contribution in [0.15, 0.2) is 48.0 Å². The number of fused-ring (bicyclic) bond motifs is 1. The van der Waals surface area contributed by atoms with E-state index in [9.17, 15) is 18.7 Å². The van der Waals surface area contributed by atoms with Gasteiger partial charge >= 0.3 is 5.97 Å². The molecule has 0 bridgehead atoms. The van der Waals surface area contributed by atoms with Gasteiger partial charge in [0.1, 0.15) is 5.75 Å². The molecule has 26 heavy (non-hydrogen) atoms. The van der Waals surface area contributed by atoms with Crippen molar-refractivity contribution in [2.75, 3.05) is 0 Å². The van der Waals surface area contributed by atoms with Gasteiger partial charge in [0, 0.05) is 22.5 Å². The van der Waals surface area contributed by atoms with Crippen LogP contribution in [0.1, 0.15) is 10.5 Å². The van der Waals surface area contributed by atoms with Gasteiger partial charge in [0.25, 0.3) is 0 Å². The Morgan fingerprint density at radius 1 is 1.15 bits per heavy atom. The average Bonchev–Trinajstić information content (AvgIpc) is 3.23. The maximum atomic E-state index is 13.7. The van der Waals surface area contributed by atoms with Crippen LogP contribution in [0.2, 0.25) is 0 Å². The van der Waals surface area contributed by atoms with E-state index in [0.29, 0.717) is 27.2 Å². The largest absolute Gasteiger partial charge is 0.506 e. The molecule has 0 spiro atoms. The summed E-state index contributed by atoms with van der Waals surface area (Å²) in [4.78, 5) is 15.1. The Morgan fingerprint density at radius 2 is 1.96 bits per heavy atom. The molecule has 4 aromatic rings. The van der Waals surface area contributed by atoms with E-state index in [1.165, 1.54) is 17.5 Å². The van der Waals surface area contributed by atoms with Gasteiger partial charge < -0.3 is 10.2 Å². The van der Waals surface area contributed by atoms with Crippen molar-refractivity contribution in [3.63, 3.8) is 0 Å². The molecule has 0 saturated carbocycles. The Balaban J connectivity index is 1.99. The Labute approximate surface area is 149 Å². The van der Waals surface area contributed by atoms with Gasteiger partial charge in [0.15, 0.2) is 22.5 Å². The number of para-hydroxylation sites is 1. The van der Waals surface area contributed by atoms with Gasteiger partial charge in [-0.3, -0.25) is 4.57 Å². The van der Waals surface area contributed by atoms with Crippen LogP contribution < -0.4 is 0 Å².